The van der Waals surface area contributed by atoms with Gasteiger partial charge < -0.3 is 15.4 Å². The minimum atomic E-state index is -0.701. The van der Waals surface area contributed by atoms with Crippen LogP contribution in [0.15, 0.2) is 27.8 Å². The first kappa shape index (κ1) is 20.3. The molecule has 2 aromatic rings. The number of nitrogens with two attached hydrogens (primary N) is 1. The van der Waals surface area contributed by atoms with E-state index in [0.29, 0.717) is 12.3 Å². The summed E-state index contributed by atoms with van der Waals surface area (Å²) >= 11 is 0. The number of aromatic nitrogens is 2. The van der Waals surface area contributed by atoms with Gasteiger partial charge in [0.25, 0.3) is 11.5 Å². The zero-order chi connectivity index (χ0) is 20.1. The van der Waals surface area contributed by atoms with Crippen molar-refractivity contribution in [2.75, 3.05) is 24.3 Å². The molecule has 27 heavy (non-hydrogen) atoms. The number of hydrogen-bond donors (Lipinski definition) is 2. The fourth-order valence-electron chi connectivity index (χ4n) is 2.66. The Morgan fingerprint density at radius 3 is 2.67 bits per heavy atom. The van der Waals surface area contributed by atoms with Gasteiger partial charge in [-0.05, 0) is 37.5 Å². The Labute approximate surface area is 157 Å². The summed E-state index contributed by atoms with van der Waals surface area (Å²) in [6.45, 7) is 5.91. The molecular weight excluding hydrogens is 348 g/mol. The van der Waals surface area contributed by atoms with Crippen molar-refractivity contribution in [2.45, 2.75) is 40.2 Å². The van der Waals surface area contributed by atoms with Crippen LogP contribution in [0, 0.1) is 13.8 Å². The van der Waals surface area contributed by atoms with Crippen LogP contribution in [0.5, 0.6) is 5.75 Å². The lowest BCUT2D eigenvalue weighted by atomic mass is 10.1. The molecule has 0 atom stereocenters. The number of amides is 1. The Morgan fingerprint density at radius 2 is 2.00 bits per heavy atom. The molecule has 8 heteroatoms. The van der Waals surface area contributed by atoms with E-state index in [0.717, 1.165) is 28.9 Å². The third-order valence-corrected chi connectivity index (χ3v) is 4.35. The summed E-state index contributed by atoms with van der Waals surface area (Å²) in [4.78, 5) is 40.1. The molecule has 1 aromatic heterocycles. The molecule has 0 saturated carbocycles. The number of H-pyrrole nitrogens is 1. The van der Waals surface area contributed by atoms with Gasteiger partial charge in [-0.3, -0.25) is 19.1 Å². The van der Waals surface area contributed by atoms with Crippen LogP contribution in [0.25, 0.3) is 0 Å². The average Bonchev–Trinajstić information content (AvgIpc) is 2.61. The van der Waals surface area contributed by atoms with E-state index in [1.807, 2.05) is 39.0 Å². The molecule has 0 unspecified atom stereocenters. The average molecular weight is 374 g/mol. The predicted octanol–water partition coefficient (Wildman–Crippen LogP) is 1.58. The zero-order valence-electron chi connectivity index (χ0n) is 16.2. The molecule has 0 spiro atoms. The Balaban J connectivity index is 2.24. The molecule has 1 amide bonds. The van der Waals surface area contributed by atoms with E-state index in [4.69, 9.17) is 10.5 Å². The summed E-state index contributed by atoms with van der Waals surface area (Å²) in [5.74, 6) is 0.125. The summed E-state index contributed by atoms with van der Waals surface area (Å²) in [5, 5.41) is 0. The summed E-state index contributed by atoms with van der Waals surface area (Å²) in [5.41, 5.74) is 6.60. The van der Waals surface area contributed by atoms with Crippen LogP contribution in [0.4, 0.5) is 11.5 Å². The smallest absolute Gasteiger partial charge is 0.330 e. The molecule has 146 valence electrons. The highest BCUT2D eigenvalue weighted by Gasteiger charge is 2.21. The number of carbonyl (C=O) groups excluding carboxylic acids is 1. The molecule has 2 rings (SSSR count). The van der Waals surface area contributed by atoms with Crippen molar-refractivity contribution in [3.63, 3.8) is 0 Å². The molecular formula is C19H26N4O4. The lowest BCUT2D eigenvalue weighted by molar-refractivity contribution is -0.120. The Hall–Kier alpha value is -3.03. The van der Waals surface area contributed by atoms with Crippen LogP contribution in [0.1, 0.15) is 30.9 Å². The first-order chi connectivity index (χ1) is 12.8. The van der Waals surface area contributed by atoms with Gasteiger partial charge in [-0.2, -0.15) is 0 Å². The predicted molar refractivity (Wildman–Crippen MR) is 105 cm³/mol. The van der Waals surface area contributed by atoms with Crippen molar-refractivity contribution < 1.29 is 9.53 Å². The first-order valence-electron chi connectivity index (χ1n) is 8.85. The van der Waals surface area contributed by atoms with Crippen molar-refractivity contribution in [3.05, 3.63) is 50.2 Å². The van der Waals surface area contributed by atoms with Crippen molar-refractivity contribution in [1.82, 2.24) is 9.55 Å². The molecule has 1 aromatic carbocycles. The van der Waals surface area contributed by atoms with E-state index in [2.05, 4.69) is 4.98 Å². The lowest BCUT2D eigenvalue weighted by Crippen LogP contribution is -2.40. The summed E-state index contributed by atoms with van der Waals surface area (Å²) < 4.78 is 6.88. The summed E-state index contributed by atoms with van der Waals surface area (Å²) in [7, 11) is 1.43. The maximum atomic E-state index is 12.5. The number of aromatic amines is 1. The minimum Gasteiger partial charge on any atom is -0.483 e. The monoisotopic (exact) mass is 374 g/mol. The summed E-state index contributed by atoms with van der Waals surface area (Å²) in [6.07, 6.45) is 1.59. The highest BCUT2D eigenvalue weighted by molar-refractivity contribution is 5.96. The number of carbonyl (C=O) groups is 1. The second-order valence-corrected chi connectivity index (χ2v) is 6.51. The molecule has 0 bridgehead atoms. The Morgan fingerprint density at radius 1 is 1.30 bits per heavy atom. The number of rotatable bonds is 7. The molecule has 3 N–H and O–H groups in total. The van der Waals surface area contributed by atoms with E-state index in [-0.39, 0.29) is 18.1 Å². The molecule has 0 aliphatic rings. The number of aryl methyl sites for hydroxylation is 2. The van der Waals surface area contributed by atoms with Crippen LogP contribution in [-0.2, 0) is 11.3 Å². The number of nitrogen functional groups attached to an aromatic ring is 1. The Kier molecular flexibility index (Phi) is 6.44. The molecule has 1 heterocycles. The van der Waals surface area contributed by atoms with Gasteiger partial charge in [0.15, 0.2) is 12.3 Å². The van der Waals surface area contributed by atoms with Gasteiger partial charge in [0.05, 0.1) is 0 Å². The van der Waals surface area contributed by atoms with Gasteiger partial charge in [0.2, 0.25) is 0 Å². The number of unbranched alkanes of at least 4 members (excludes halogenated alkanes) is 1. The molecule has 0 radical (unpaired) electrons. The first-order valence-corrected chi connectivity index (χ1v) is 8.85. The van der Waals surface area contributed by atoms with E-state index < -0.39 is 17.2 Å². The number of nitrogens with zero attached hydrogens (tertiary/aromatic N) is 2. The summed E-state index contributed by atoms with van der Waals surface area (Å²) in [6, 6.07) is 5.70. The molecule has 0 aliphatic carbocycles. The number of anilines is 2. The number of likely N-dealkylation sites (N-methyl/N-ethyl adjacent to an activating group) is 1. The molecule has 8 nitrogen and oxygen atoms in total. The van der Waals surface area contributed by atoms with Gasteiger partial charge in [-0.1, -0.05) is 25.5 Å². The van der Waals surface area contributed by atoms with Crippen LogP contribution >= 0.6 is 0 Å². The minimum absolute atomic E-state index is 0.0280. The highest BCUT2D eigenvalue weighted by atomic mass is 16.5. The number of nitrogens with one attached hydrogen (secondary N) is 1. The standard InChI is InChI=1S/C19H26N4O4/c1-5-6-9-23-17(20)16(18(25)21-19(23)26)22(4)15(24)11-27-14-10-12(2)7-8-13(14)3/h7-8,10H,5-6,9,11,20H2,1-4H3,(H,21,25,26). The van der Waals surface area contributed by atoms with Crippen molar-refractivity contribution in [2.24, 2.45) is 0 Å². The lowest BCUT2D eigenvalue weighted by Gasteiger charge is -2.20. The Bertz CT molecular complexity index is 946. The van der Waals surface area contributed by atoms with Gasteiger partial charge >= 0.3 is 5.69 Å². The third-order valence-electron chi connectivity index (χ3n) is 4.35. The van der Waals surface area contributed by atoms with Crippen LogP contribution in [0.3, 0.4) is 0 Å². The fourth-order valence-corrected chi connectivity index (χ4v) is 2.66. The topological polar surface area (TPSA) is 110 Å². The van der Waals surface area contributed by atoms with Crippen molar-refractivity contribution >= 4 is 17.4 Å². The maximum absolute atomic E-state index is 12.5. The SMILES string of the molecule is CCCCn1c(N)c(N(C)C(=O)COc2cc(C)ccc2C)c(=O)[nH]c1=O. The molecule has 0 aliphatic heterocycles. The number of benzene rings is 1. The maximum Gasteiger partial charge on any atom is 0.330 e. The normalized spacial score (nSPS) is 10.7. The van der Waals surface area contributed by atoms with E-state index in [1.165, 1.54) is 11.6 Å². The zero-order valence-corrected chi connectivity index (χ0v) is 16.2. The van der Waals surface area contributed by atoms with Gasteiger partial charge in [0.1, 0.15) is 11.6 Å². The van der Waals surface area contributed by atoms with Crippen LogP contribution in [-0.4, -0.2) is 29.1 Å². The second-order valence-electron chi connectivity index (χ2n) is 6.51. The molecule has 0 fully saturated rings. The quantitative estimate of drug-likeness (QED) is 0.764. The second kappa shape index (κ2) is 8.57. The van der Waals surface area contributed by atoms with Crippen molar-refractivity contribution in [3.8, 4) is 5.75 Å². The number of hydrogen-bond acceptors (Lipinski definition) is 5. The van der Waals surface area contributed by atoms with Crippen LogP contribution in [0.2, 0.25) is 0 Å². The largest absolute Gasteiger partial charge is 0.483 e. The van der Waals surface area contributed by atoms with Crippen LogP contribution < -0.4 is 26.6 Å². The van der Waals surface area contributed by atoms with E-state index in [9.17, 15) is 14.4 Å². The fraction of sp³-hybridized carbons (Fsp3) is 0.421. The van der Waals surface area contributed by atoms with Crippen molar-refractivity contribution in [1.29, 1.82) is 0 Å². The van der Waals surface area contributed by atoms with E-state index >= 15 is 0 Å². The van der Waals surface area contributed by atoms with Gasteiger partial charge in [-0.25, -0.2) is 4.79 Å². The molecule has 0 saturated heterocycles. The van der Waals surface area contributed by atoms with Gasteiger partial charge in [-0.15, -0.1) is 0 Å². The third kappa shape index (κ3) is 4.58. The number of ether oxygens (including phenoxy) is 1. The van der Waals surface area contributed by atoms with E-state index in [1.54, 1.807) is 0 Å². The van der Waals surface area contributed by atoms with Gasteiger partial charge in [0, 0.05) is 13.6 Å². The highest BCUT2D eigenvalue weighted by Crippen LogP contribution is 2.20.